The maximum absolute atomic E-state index is 14.2. The molecule has 2 fully saturated rings. The quantitative estimate of drug-likeness (QED) is 0.232. The highest BCUT2D eigenvalue weighted by molar-refractivity contribution is 5.89. The van der Waals surface area contributed by atoms with E-state index in [1.807, 2.05) is 6.92 Å². The smallest absolute Gasteiger partial charge is 0.338 e. The molecule has 0 spiro atoms. The number of carbonyl (C=O) groups excluding carboxylic acids is 1. The van der Waals surface area contributed by atoms with Crippen LogP contribution in [0.3, 0.4) is 0 Å². The van der Waals surface area contributed by atoms with E-state index in [1.165, 1.54) is 76.3 Å². The minimum absolute atomic E-state index is 0.0349. The third kappa shape index (κ3) is 8.30. The molecule has 4 heteroatoms. The Morgan fingerprint density at radius 3 is 2.18 bits per heavy atom. The lowest BCUT2D eigenvalue weighted by atomic mass is 9.70. The van der Waals surface area contributed by atoms with Gasteiger partial charge in [-0.15, -0.1) is 0 Å². The summed E-state index contributed by atoms with van der Waals surface area (Å²) in [4.78, 5) is 12.5. The minimum atomic E-state index is -0.502. The van der Waals surface area contributed by atoms with Crippen LogP contribution in [0.15, 0.2) is 18.2 Å². The molecule has 0 N–H and O–H groups in total. The molecule has 0 aromatic heterocycles. The average molecular weight is 461 g/mol. The molecular formula is C29H45FO3. The van der Waals surface area contributed by atoms with E-state index in [1.54, 1.807) is 6.07 Å². The van der Waals surface area contributed by atoms with Crippen molar-refractivity contribution >= 4 is 5.97 Å². The molecule has 2 aliphatic carbocycles. The first-order valence-electron chi connectivity index (χ1n) is 13.7. The van der Waals surface area contributed by atoms with Crippen LogP contribution in [0.4, 0.5) is 4.39 Å². The number of ether oxygens (including phenoxy) is 2. The van der Waals surface area contributed by atoms with Crippen LogP contribution in [-0.2, 0) is 4.74 Å². The summed E-state index contributed by atoms with van der Waals surface area (Å²) in [5, 5.41) is 0. The van der Waals surface area contributed by atoms with Crippen molar-refractivity contribution in [3.05, 3.63) is 29.6 Å². The Morgan fingerprint density at radius 1 is 0.879 bits per heavy atom. The normalized spacial score (nSPS) is 25.5. The topological polar surface area (TPSA) is 35.5 Å². The van der Waals surface area contributed by atoms with Gasteiger partial charge >= 0.3 is 5.97 Å². The fraction of sp³-hybridized carbons (Fsp3) is 0.759. The molecule has 2 aliphatic rings. The second kappa shape index (κ2) is 14.0. The van der Waals surface area contributed by atoms with E-state index in [0.717, 1.165) is 49.9 Å². The van der Waals surface area contributed by atoms with Gasteiger partial charge in [0, 0.05) is 0 Å². The Balaban J connectivity index is 1.35. The third-order valence-electron chi connectivity index (χ3n) is 7.90. The van der Waals surface area contributed by atoms with E-state index in [0.29, 0.717) is 6.61 Å². The summed E-state index contributed by atoms with van der Waals surface area (Å²) in [5.74, 6) is 1.89. The number of halogens is 1. The fourth-order valence-electron chi connectivity index (χ4n) is 5.84. The first kappa shape index (κ1) is 26.0. The molecule has 186 valence electrons. The Labute approximate surface area is 200 Å². The molecule has 33 heavy (non-hydrogen) atoms. The van der Waals surface area contributed by atoms with Crippen LogP contribution in [0, 0.1) is 23.6 Å². The van der Waals surface area contributed by atoms with Crippen LogP contribution in [0.5, 0.6) is 5.75 Å². The SMILES string of the molecule is CCCCCCCC1CCC(C2CCC(OC(=O)c3ccc(OCCC)c(F)c3)CC2)CC1. The monoisotopic (exact) mass is 460 g/mol. The Hall–Kier alpha value is -1.58. The number of rotatable bonds is 12. The molecule has 3 nitrogen and oxygen atoms in total. The van der Waals surface area contributed by atoms with Crippen LogP contribution in [0.1, 0.15) is 121 Å². The van der Waals surface area contributed by atoms with Crippen molar-refractivity contribution in [2.45, 2.75) is 116 Å². The second-order valence-electron chi connectivity index (χ2n) is 10.4. The molecule has 0 saturated heterocycles. The fourth-order valence-corrected chi connectivity index (χ4v) is 5.84. The Kier molecular flexibility index (Phi) is 11.0. The number of unbranched alkanes of at least 4 members (excludes halogenated alkanes) is 4. The van der Waals surface area contributed by atoms with Crippen LogP contribution < -0.4 is 4.74 Å². The number of benzene rings is 1. The zero-order valence-corrected chi connectivity index (χ0v) is 21.0. The van der Waals surface area contributed by atoms with Crippen molar-refractivity contribution in [3.63, 3.8) is 0 Å². The lowest BCUT2D eigenvalue weighted by Crippen LogP contribution is -2.29. The van der Waals surface area contributed by atoms with Gasteiger partial charge in [-0.05, 0) is 80.9 Å². The first-order chi connectivity index (χ1) is 16.1. The maximum Gasteiger partial charge on any atom is 0.338 e. The number of carbonyl (C=O) groups is 1. The van der Waals surface area contributed by atoms with Gasteiger partial charge in [-0.3, -0.25) is 0 Å². The summed E-state index contributed by atoms with van der Waals surface area (Å²) in [6.45, 7) is 4.72. The van der Waals surface area contributed by atoms with Gasteiger partial charge < -0.3 is 9.47 Å². The molecule has 0 heterocycles. The molecule has 3 rings (SSSR count). The standard InChI is InChI=1S/C29H45FO3/c1-3-5-6-7-8-9-22-10-12-23(13-11-22)24-14-17-26(18-15-24)33-29(31)25-16-19-28(27(30)21-25)32-20-4-2/h16,19,21-24,26H,3-15,17-18,20H2,1-2H3. The summed E-state index contributed by atoms with van der Waals surface area (Å²) in [5.41, 5.74) is 0.270. The van der Waals surface area contributed by atoms with Crippen LogP contribution in [-0.4, -0.2) is 18.7 Å². The van der Waals surface area contributed by atoms with Crippen molar-refractivity contribution in [3.8, 4) is 5.75 Å². The lowest BCUT2D eigenvalue weighted by Gasteiger charge is -2.37. The summed E-state index contributed by atoms with van der Waals surface area (Å²) < 4.78 is 25.3. The molecule has 0 amide bonds. The van der Waals surface area contributed by atoms with Gasteiger partial charge in [-0.25, -0.2) is 9.18 Å². The Morgan fingerprint density at radius 2 is 1.55 bits per heavy atom. The highest BCUT2D eigenvalue weighted by Crippen LogP contribution is 2.41. The largest absolute Gasteiger partial charge is 0.491 e. The third-order valence-corrected chi connectivity index (χ3v) is 7.90. The molecule has 1 aromatic carbocycles. The van der Waals surface area contributed by atoms with E-state index in [2.05, 4.69) is 6.92 Å². The molecule has 0 aliphatic heterocycles. The van der Waals surface area contributed by atoms with Gasteiger partial charge in [0.15, 0.2) is 11.6 Å². The van der Waals surface area contributed by atoms with Gasteiger partial charge in [0.25, 0.3) is 0 Å². The molecule has 0 unspecified atom stereocenters. The number of hydrogen-bond donors (Lipinski definition) is 0. The molecule has 2 saturated carbocycles. The van der Waals surface area contributed by atoms with Crippen LogP contribution in [0.25, 0.3) is 0 Å². The van der Waals surface area contributed by atoms with Gasteiger partial charge in [0.2, 0.25) is 0 Å². The number of hydrogen-bond acceptors (Lipinski definition) is 3. The van der Waals surface area contributed by atoms with Gasteiger partial charge in [0.1, 0.15) is 6.10 Å². The summed E-state index contributed by atoms with van der Waals surface area (Å²) in [7, 11) is 0. The molecule has 1 aromatic rings. The lowest BCUT2D eigenvalue weighted by molar-refractivity contribution is 0.0109. The van der Waals surface area contributed by atoms with Crippen molar-refractivity contribution in [2.75, 3.05) is 6.61 Å². The maximum atomic E-state index is 14.2. The predicted molar refractivity (Wildman–Crippen MR) is 132 cm³/mol. The zero-order chi connectivity index (χ0) is 23.5. The van der Waals surface area contributed by atoms with Crippen molar-refractivity contribution in [2.24, 2.45) is 17.8 Å². The highest BCUT2D eigenvalue weighted by atomic mass is 19.1. The van der Waals surface area contributed by atoms with Crippen LogP contribution in [0.2, 0.25) is 0 Å². The molecule has 0 radical (unpaired) electrons. The van der Waals surface area contributed by atoms with E-state index in [-0.39, 0.29) is 17.4 Å². The average Bonchev–Trinajstić information content (AvgIpc) is 2.84. The first-order valence-corrected chi connectivity index (χ1v) is 13.7. The van der Waals surface area contributed by atoms with E-state index >= 15 is 0 Å². The molecule has 0 bridgehead atoms. The summed E-state index contributed by atoms with van der Waals surface area (Å²) in [6, 6.07) is 4.37. The Bertz CT molecular complexity index is 703. The highest BCUT2D eigenvalue weighted by Gasteiger charge is 2.32. The van der Waals surface area contributed by atoms with E-state index < -0.39 is 11.8 Å². The molecular weight excluding hydrogens is 415 g/mol. The van der Waals surface area contributed by atoms with Crippen molar-refractivity contribution in [1.29, 1.82) is 0 Å². The van der Waals surface area contributed by atoms with E-state index in [4.69, 9.17) is 9.47 Å². The van der Waals surface area contributed by atoms with Gasteiger partial charge in [-0.2, -0.15) is 0 Å². The number of esters is 1. The zero-order valence-electron chi connectivity index (χ0n) is 21.0. The van der Waals surface area contributed by atoms with E-state index in [9.17, 15) is 9.18 Å². The molecule has 0 atom stereocenters. The predicted octanol–water partition coefficient (Wildman–Crippen LogP) is 8.50. The summed E-state index contributed by atoms with van der Waals surface area (Å²) >= 11 is 0. The van der Waals surface area contributed by atoms with Crippen molar-refractivity contribution < 1.29 is 18.7 Å². The summed E-state index contributed by atoms with van der Waals surface area (Å²) in [6.07, 6.45) is 19.0. The second-order valence-corrected chi connectivity index (χ2v) is 10.4. The van der Waals surface area contributed by atoms with Gasteiger partial charge in [-0.1, -0.05) is 65.2 Å². The van der Waals surface area contributed by atoms with Gasteiger partial charge in [0.05, 0.1) is 12.2 Å². The van der Waals surface area contributed by atoms with Crippen molar-refractivity contribution in [1.82, 2.24) is 0 Å². The minimum Gasteiger partial charge on any atom is -0.491 e. The van der Waals surface area contributed by atoms with Crippen LogP contribution >= 0.6 is 0 Å².